The zero-order chi connectivity index (χ0) is 13.3. The number of aryl methyl sites for hydroxylation is 1. The molecule has 7 heteroatoms. The Labute approximate surface area is 113 Å². The van der Waals surface area contributed by atoms with Gasteiger partial charge in [0.25, 0.3) is 10.0 Å². The lowest BCUT2D eigenvalue weighted by Crippen LogP contribution is -2.40. The number of rotatable bonds is 3. The molecule has 18 heavy (non-hydrogen) atoms. The van der Waals surface area contributed by atoms with Crippen molar-refractivity contribution in [2.75, 3.05) is 13.1 Å². The summed E-state index contributed by atoms with van der Waals surface area (Å²) >= 11 is 6.06. The third-order valence-corrected chi connectivity index (χ3v) is 5.86. The molecule has 1 aromatic heterocycles. The SMILES string of the molecule is CC(Cl)C1CCN(S(=O)(=O)c2ccnn2C)CC1. The van der Waals surface area contributed by atoms with Crippen LogP contribution in [0, 0.1) is 5.92 Å². The van der Waals surface area contributed by atoms with Crippen molar-refractivity contribution in [2.45, 2.75) is 30.2 Å². The molecule has 5 nitrogen and oxygen atoms in total. The Hall–Kier alpha value is -0.590. The lowest BCUT2D eigenvalue weighted by molar-refractivity contribution is 0.270. The van der Waals surface area contributed by atoms with Gasteiger partial charge in [-0.3, -0.25) is 4.68 Å². The highest BCUT2D eigenvalue weighted by Crippen LogP contribution is 2.27. The van der Waals surface area contributed by atoms with Crippen molar-refractivity contribution < 1.29 is 8.42 Å². The third-order valence-electron chi connectivity index (χ3n) is 3.53. The smallest absolute Gasteiger partial charge is 0.256 e. The van der Waals surface area contributed by atoms with E-state index in [1.807, 2.05) is 6.92 Å². The summed E-state index contributed by atoms with van der Waals surface area (Å²) < 4.78 is 27.7. The molecule has 0 amide bonds. The molecule has 1 aliphatic rings. The molecule has 1 atom stereocenters. The van der Waals surface area contributed by atoms with E-state index >= 15 is 0 Å². The first-order valence-electron chi connectivity index (χ1n) is 6.05. The van der Waals surface area contributed by atoms with Crippen molar-refractivity contribution in [3.63, 3.8) is 0 Å². The van der Waals surface area contributed by atoms with E-state index in [9.17, 15) is 8.42 Å². The van der Waals surface area contributed by atoms with Crippen molar-refractivity contribution in [2.24, 2.45) is 13.0 Å². The van der Waals surface area contributed by atoms with Crippen molar-refractivity contribution in [1.29, 1.82) is 0 Å². The van der Waals surface area contributed by atoms with Crippen LogP contribution in [0.15, 0.2) is 17.3 Å². The van der Waals surface area contributed by atoms with Gasteiger partial charge in [-0.05, 0) is 31.7 Å². The Kier molecular flexibility index (Phi) is 3.99. The molecule has 0 N–H and O–H groups in total. The molecule has 0 spiro atoms. The van der Waals surface area contributed by atoms with Crippen molar-refractivity contribution in [3.05, 3.63) is 12.3 Å². The Bertz CT molecular complexity index is 504. The van der Waals surface area contributed by atoms with E-state index in [-0.39, 0.29) is 10.4 Å². The Morgan fingerprint density at radius 2 is 2.06 bits per heavy atom. The molecule has 0 aromatic carbocycles. The fraction of sp³-hybridized carbons (Fsp3) is 0.727. The molecular formula is C11H18ClN3O2S. The van der Waals surface area contributed by atoms with E-state index in [0.717, 1.165) is 12.8 Å². The first-order chi connectivity index (χ1) is 8.43. The molecule has 1 aromatic rings. The van der Waals surface area contributed by atoms with Crippen LogP contribution in [0.1, 0.15) is 19.8 Å². The summed E-state index contributed by atoms with van der Waals surface area (Å²) in [6, 6.07) is 1.53. The van der Waals surface area contributed by atoms with Crippen LogP contribution in [0.2, 0.25) is 0 Å². The molecule has 0 radical (unpaired) electrons. The lowest BCUT2D eigenvalue weighted by Gasteiger charge is -2.32. The van der Waals surface area contributed by atoms with Crippen molar-refractivity contribution >= 4 is 21.6 Å². The summed E-state index contributed by atoms with van der Waals surface area (Å²) in [5.41, 5.74) is 0. The van der Waals surface area contributed by atoms with Gasteiger partial charge >= 0.3 is 0 Å². The topological polar surface area (TPSA) is 55.2 Å². The van der Waals surface area contributed by atoms with Gasteiger partial charge in [0.1, 0.15) is 0 Å². The average molecular weight is 292 g/mol. The molecule has 102 valence electrons. The number of aromatic nitrogens is 2. The minimum Gasteiger partial charge on any atom is -0.256 e. The van der Waals surface area contributed by atoms with Gasteiger partial charge in [-0.15, -0.1) is 11.6 Å². The number of hydrogen-bond acceptors (Lipinski definition) is 3. The molecule has 1 saturated heterocycles. The van der Waals surface area contributed by atoms with Gasteiger partial charge in [-0.1, -0.05) is 0 Å². The van der Waals surface area contributed by atoms with Crippen molar-refractivity contribution in [3.8, 4) is 0 Å². The van der Waals surface area contributed by atoms with Gasteiger partial charge in [-0.25, -0.2) is 8.42 Å². The number of halogens is 1. The maximum absolute atomic E-state index is 12.4. The second-order valence-electron chi connectivity index (χ2n) is 4.71. The van der Waals surface area contributed by atoms with Crippen molar-refractivity contribution in [1.82, 2.24) is 14.1 Å². The molecule has 1 unspecified atom stereocenters. The van der Waals surface area contributed by atoms with E-state index < -0.39 is 10.0 Å². The van der Waals surface area contributed by atoms with E-state index in [0.29, 0.717) is 19.0 Å². The molecule has 2 rings (SSSR count). The largest absolute Gasteiger partial charge is 0.260 e. The van der Waals surface area contributed by atoms with E-state index in [2.05, 4.69) is 5.10 Å². The quantitative estimate of drug-likeness (QED) is 0.792. The summed E-state index contributed by atoms with van der Waals surface area (Å²) in [5, 5.41) is 4.26. The van der Waals surface area contributed by atoms with Crippen LogP contribution >= 0.6 is 11.6 Å². The van der Waals surface area contributed by atoms with Crippen LogP contribution < -0.4 is 0 Å². The standard InChI is InChI=1S/C11H18ClN3O2S/c1-9(12)10-4-7-15(8-5-10)18(16,17)11-3-6-13-14(11)2/h3,6,9-10H,4-5,7-8H2,1-2H3. The fourth-order valence-electron chi connectivity index (χ4n) is 2.32. The average Bonchev–Trinajstić information content (AvgIpc) is 2.76. The van der Waals surface area contributed by atoms with E-state index in [1.165, 1.54) is 21.3 Å². The number of alkyl halides is 1. The lowest BCUT2D eigenvalue weighted by atomic mass is 9.95. The summed E-state index contributed by atoms with van der Waals surface area (Å²) in [4.78, 5) is 0. The van der Waals surface area contributed by atoms with E-state index in [4.69, 9.17) is 11.6 Å². The number of nitrogens with zero attached hydrogens (tertiary/aromatic N) is 3. The predicted molar refractivity (Wildman–Crippen MR) is 70.0 cm³/mol. The van der Waals surface area contributed by atoms with Gasteiger partial charge < -0.3 is 0 Å². The second kappa shape index (κ2) is 5.19. The number of piperidine rings is 1. The summed E-state index contributed by atoms with van der Waals surface area (Å²) in [7, 11) is -1.77. The molecule has 0 saturated carbocycles. The van der Waals surface area contributed by atoms with Gasteiger partial charge in [-0.2, -0.15) is 9.40 Å². The van der Waals surface area contributed by atoms with Gasteiger partial charge in [0.05, 0.1) is 6.20 Å². The monoisotopic (exact) mass is 291 g/mol. The summed E-state index contributed by atoms with van der Waals surface area (Å²) in [6.07, 6.45) is 3.14. The van der Waals surface area contributed by atoms with Crippen LogP contribution in [0.25, 0.3) is 0 Å². The molecule has 2 heterocycles. The Morgan fingerprint density at radius 1 is 1.44 bits per heavy atom. The summed E-state index contributed by atoms with van der Waals surface area (Å²) in [5.74, 6) is 0.407. The maximum Gasteiger partial charge on any atom is 0.260 e. The number of hydrogen-bond donors (Lipinski definition) is 0. The molecule has 0 bridgehead atoms. The molecule has 0 aliphatic carbocycles. The predicted octanol–water partition coefficient (Wildman–Crippen LogP) is 1.45. The minimum absolute atomic E-state index is 0.103. The maximum atomic E-state index is 12.4. The van der Waals surface area contributed by atoms with Crippen LogP contribution in [-0.4, -0.2) is 41.0 Å². The van der Waals surface area contributed by atoms with Crippen LogP contribution in [0.3, 0.4) is 0 Å². The Balaban J connectivity index is 2.12. The fourth-order valence-corrected chi connectivity index (χ4v) is 4.14. The second-order valence-corrected chi connectivity index (χ2v) is 7.29. The minimum atomic E-state index is -3.41. The van der Waals surface area contributed by atoms with Crippen LogP contribution in [-0.2, 0) is 17.1 Å². The number of sulfonamides is 1. The zero-order valence-corrected chi connectivity index (χ0v) is 12.2. The molecule has 1 fully saturated rings. The summed E-state index contributed by atoms with van der Waals surface area (Å²) in [6.45, 7) is 3.04. The van der Waals surface area contributed by atoms with Crippen LogP contribution in [0.4, 0.5) is 0 Å². The Morgan fingerprint density at radius 3 is 2.50 bits per heavy atom. The first kappa shape index (κ1) is 13.8. The highest BCUT2D eigenvalue weighted by Gasteiger charge is 2.32. The third kappa shape index (κ3) is 2.55. The van der Waals surface area contributed by atoms with E-state index in [1.54, 1.807) is 7.05 Å². The molecule has 1 aliphatic heterocycles. The first-order valence-corrected chi connectivity index (χ1v) is 7.93. The van der Waals surface area contributed by atoms with Crippen LogP contribution in [0.5, 0.6) is 0 Å². The van der Waals surface area contributed by atoms with Gasteiger partial charge in [0, 0.05) is 25.5 Å². The zero-order valence-electron chi connectivity index (χ0n) is 10.6. The normalized spacial score (nSPS) is 21.1. The van der Waals surface area contributed by atoms with Gasteiger partial charge in [0.2, 0.25) is 0 Å². The van der Waals surface area contributed by atoms with Gasteiger partial charge in [0.15, 0.2) is 5.03 Å². The molecular weight excluding hydrogens is 274 g/mol. The highest BCUT2D eigenvalue weighted by atomic mass is 35.5. The highest BCUT2D eigenvalue weighted by molar-refractivity contribution is 7.89.